The molecule has 2 heterocycles. The lowest BCUT2D eigenvalue weighted by Gasteiger charge is -2.06. The van der Waals surface area contributed by atoms with E-state index < -0.39 is 0 Å². The lowest BCUT2D eigenvalue weighted by Crippen LogP contribution is -2.18. The van der Waals surface area contributed by atoms with Crippen LogP contribution in [0.1, 0.15) is 31.8 Å². The van der Waals surface area contributed by atoms with Gasteiger partial charge in [-0.3, -0.25) is 9.59 Å². The van der Waals surface area contributed by atoms with Gasteiger partial charge in [-0.15, -0.1) is 22.7 Å². The van der Waals surface area contributed by atoms with Crippen LogP contribution in [0.25, 0.3) is 10.1 Å². The van der Waals surface area contributed by atoms with E-state index in [0.29, 0.717) is 26.2 Å². The predicted molar refractivity (Wildman–Crippen MR) is 125 cm³/mol. The average molecular weight is 454 g/mol. The largest absolute Gasteiger partial charge is 0.321 e. The maximum atomic E-state index is 12.5. The zero-order valence-electron chi connectivity index (χ0n) is 15.8. The minimum Gasteiger partial charge on any atom is -0.321 e. The molecule has 0 aliphatic heterocycles. The zero-order chi connectivity index (χ0) is 21.1. The molecule has 0 bridgehead atoms. The highest BCUT2D eigenvalue weighted by Gasteiger charge is 2.16. The van der Waals surface area contributed by atoms with E-state index in [1.54, 1.807) is 25.1 Å². The number of amides is 2. The number of hydrazone groups is 1. The number of hydrogen-bond donors (Lipinski definition) is 2. The summed E-state index contributed by atoms with van der Waals surface area (Å²) in [5, 5.41) is 10.2. The Morgan fingerprint density at radius 3 is 2.43 bits per heavy atom. The number of hydrogen-bond acceptors (Lipinski definition) is 5. The monoisotopic (exact) mass is 453 g/mol. The lowest BCUT2D eigenvalue weighted by atomic mass is 10.1. The van der Waals surface area contributed by atoms with Crippen molar-refractivity contribution in [2.45, 2.75) is 6.92 Å². The molecule has 0 saturated heterocycles. The zero-order valence-corrected chi connectivity index (χ0v) is 18.2. The summed E-state index contributed by atoms with van der Waals surface area (Å²) in [4.78, 5) is 25.7. The third-order valence-electron chi connectivity index (χ3n) is 4.37. The van der Waals surface area contributed by atoms with Gasteiger partial charge < -0.3 is 5.32 Å². The Kier molecular flexibility index (Phi) is 5.94. The summed E-state index contributed by atoms with van der Waals surface area (Å²) in [6, 6.07) is 18.5. The number of nitrogens with one attached hydrogen (secondary N) is 2. The van der Waals surface area contributed by atoms with Gasteiger partial charge in [0.05, 0.1) is 15.6 Å². The molecule has 0 aliphatic rings. The van der Waals surface area contributed by atoms with Crippen molar-refractivity contribution in [3.63, 3.8) is 0 Å². The molecule has 2 aromatic heterocycles. The maximum Gasteiger partial charge on any atom is 0.283 e. The molecule has 0 unspecified atom stereocenters. The highest BCUT2D eigenvalue weighted by molar-refractivity contribution is 7.21. The number of anilines is 1. The van der Waals surface area contributed by atoms with Gasteiger partial charge in [-0.1, -0.05) is 48.0 Å². The molecule has 0 saturated carbocycles. The highest BCUT2D eigenvalue weighted by Crippen LogP contribution is 2.34. The Bertz CT molecular complexity index is 1250. The van der Waals surface area contributed by atoms with Crippen molar-refractivity contribution in [1.82, 2.24) is 5.43 Å². The fourth-order valence-electron chi connectivity index (χ4n) is 2.81. The van der Waals surface area contributed by atoms with E-state index in [-0.39, 0.29) is 11.8 Å². The van der Waals surface area contributed by atoms with E-state index in [1.807, 2.05) is 47.8 Å². The molecule has 150 valence electrons. The number of fused-ring (bicyclic) bond motifs is 1. The van der Waals surface area contributed by atoms with Crippen molar-refractivity contribution < 1.29 is 9.59 Å². The first-order chi connectivity index (χ1) is 14.5. The third-order valence-corrected chi connectivity index (χ3v) is 6.91. The van der Waals surface area contributed by atoms with Gasteiger partial charge in [0.15, 0.2) is 0 Å². The van der Waals surface area contributed by atoms with Gasteiger partial charge in [0.2, 0.25) is 0 Å². The third kappa shape index (κ3) is 4.28. The fraction of sp³-hybridized carbons (Fsp3) is 0.0455. The van der Waals surface area contributed by atoms with Gasteiger partial charge in [0.25, 0.3) is 11.8 Å². The molecule has 5 nitrogen and oxygen atoms in total. The van der Waals surface area contributed by atoms with Crippen LogP contribution < -0.4 is 10.7 Å². The number of benzene rings is 2. The van der Waals surface area contributed by atoms with Crippen LogP contribution in [0.3, 0.4) is 0 Å². The number of halogens is 1. The van der Waals surface area contributed by atoms with Crippen LogP contribution >= 0.6 is 34.3 Å². The van der Waals surface area contributed by atoms with Crippen LogP contribution in [0, 0.1) is 0 Å². The van der Waals surface area contributed by atoms with Crippen molar-refractivity contribution in [2.75, 3.05) is 5.32 Å². The van der Waals surface area contributed by atoms with Crippen molar-refractivity contribution in [1.29, 1.82) is 0 Å². The number of nitrogens with zero attached hydrogens (tertiary/aromatic N) is 1. The molecule has 0 atom stereocenters. The molecular formula is C22H16ClN3O2S2. The topological polar surface area (TPSA) is 70.6 Å². The average Bonchev–Trinajstić information content (AvgIpc) is 3.41. The first-order valence-electron chi connectivity index (χ1n) is 9.00. The quantitative estimate of drug-likeness (QED) is 0.286. The first-order valence-corrected chi connectivity index (χ1v) is 11.1. The van der Waals surface area contributed by atoms with Crippen molar-refractivity contribution in [2.24, 2.45) is 5.10 Å². The summed E-state index contributed by atoms with van der Waals surface area (Å²) < 4.78 is 0.952. The van der Waals surface area contributed by atoms with Crippen molar-refractivity contribution in [3.05, 3.63) is 86.4 Å². The Balaban J connectivity index is 1.43. The lowest BCUT2D eigenvalue weighted by molar-refractivity contribution is 0.0958. The smallest absolute Gasteiger partial charge is 0.283 e. The van der Waals surface area contributed by atoms with Gasteiger partial charge in [-0.05, 0) is 42.1 Å². The Hall–Kier alpha value is -3.00. The summed E-state index contributed by atoms with van der Waals surface area (Å²) in [5.41, 5.74) is 4.72. The van der Waals surface area contributed by atoms with Crippen molar-refractivity contribution in [3.8, 4) is 0 Å². The summed E-state index contributed by atoms with van der Waals surface area (Å²) in [6.45, 7) is 1.80. The number of carbonyl (C=O) groups is 2. The Morgan fingerprint density at radius 2 is 1.73 bits per heavy atom. The van der Waals surface area contributed by atoms with E-state index >= 15 is 0 Å². The minimum absolute atomic E-state index is 0.143. The molecule has 30 heavy (non-hydrogen) atoms. The summed E-state index contributed by atoms with van der Waals surface area (Å²) in [7, 11) is 0. The van der Waals surface area contributed by atoms with Gasteiger partial charge in [0.1, 0.15) is 4.88 Å². The van der Waals surface area contributed by atoms with Crippen LogP contribution in [0.4, 0.5) is 5.69 Å². The van der Waals surface area contributed by atoms with Crippen LogP contribution in [0.5, 0.6) is 0 Å². The second kappa shape index (κ2) is 8.79. The Labute approximate surface area is 186 Å². The van der Waals surface area contributed by atoms with Crippen LogP contribution in [0.15, 0.2) is 71.1 Å². The fourth-order valence-corrected chi connectivity index (χ4v) is 4.83. The predicted octanol–water partition coefficient (Wildman–Crippen LogP) is 6.02. The SMILES string of the molecule is C/C(=N/NC(=O)c1sc2ccccc2c1Cl)c1ccc(NC(=O)c2cccs2)cc1. The van der Waals surface area contributed by atoms with E-state index in [9.17, 15) is 9.59 Å². The molecule has 4 rings (SSSR count). The van der Waals surface area contributed by atoms with Gasteiger partial charge >= 0.3 is 0 Å². The Morgan fingerprint density at radius 1 is 0.967 bits per heavy atom. The van der Waals surface area contributed by atoms with E-state index in [0.717, 1.165) is 15.6 Å². The molecule has 0 aliphatic carbocycles. The van der Waals surface area contributed by atoms with Crippen molar-refractivity contribution >= 4 is 67.6 Å². The second-order valence-electron chi connectivity index (χ2n) is 6.39. The van der Waals surface area contributed by atoms with Crippen LogP contribution in [-0.4, -0.2) is 17.5 Å². The molecule has 8 heteroatoms. The minimum atomic E-state index is -0.347. The summed E-state index contributed by atoms with van der Waals surface area (Å²) in [5.74, 6) is -0.490. The highest BCUT2D eigenvalue weighted by atomic mass is 35.5. The molecule has 2 amide bonds. The number of thiophene rings is 2. The standard InChI is InChI=1S/C22H16ClN3O2S2/c1-13(14-8-10-15(11-9-14)24-21(27)18-7-4-12-29-18)25-26-22(28)20-19(23)16-5-2-3-6-17(16)30-20/h2-12H,1H3,(H,24,27)(H,26,28)/b25-13-. The summed E-state index contributed by atoms with van der Waals surface area (Å²) >= 11 is 9.07. The van der Waals surface area contributed by atoms with E-state index in [2.05, 4.69) is 15.8 Å². The second-order valence-corrected chi connectivity index (χ2v) is 8.77. The normalized spacial score (nSPS) is 11.5. The number of carbonyl (C=O) groups excluding carboxylic acids is 2. The molecule has 0 radical (unpaired) electrons. The number of rotatable bonds is 5. The summed E-state index contributed by atoms with van der Waals surface area (Å²) in [6.07, 6.45) is 0. The molecule has 2 N–H and O–H groups in total. The molecule has 2 aromatic carbocycles. The van der Waals surface area contributed by atoms with E-state index in [4.69, 9.17) is 11.6 Å². The van der Waals surface area contributed by atoms with E-state index in [1.165, 1.54) is 22.7 Å². The first kappa shape index (κ1) is 20.3. The van der Waals surface area contributed by atoms with Crippen LogP contribution in [0.2, 0.25) is 5.02 Å². The van der Waals surface area contributed by atoms with Gasteiger partial charge in [-0.25, -0.2) is 5.43 Å². The van der Waals surface area contributed by atoms with Gasteiger partial charge in [-0.2, -0.15) is 5.10 Å². The van der Waals surface area contributed by atoms with Crippen LogP contribution in [-0.2, 0) is 0 Å². The molecule has 0 spiro atoms. The molecular weight excluding hydrogens is 438 g/mol. The molecule has 4 aromatic rings. The van der Waals surface area contributed by atoms with Gasteiger partial charge in [0, 0.05) is 15.8 Å². The maximum absolute atomic E-state index is 12.5. The molecule has 0 fully saturated rings.